The summed E-state index contributed by atoms with van der Waals surface area (Å²) >= 11 is 0. The summed E-state index contributed by atoms with van der Waals surface area (Å²) < 4.78 is 1.77. The average Bonchev–Trinajstić information content (AvgIpc) is 2.87. The van der Waals surface area contributed by atoms with Crippen LogP contribution in [0.25, 0.3) is 11.0 Å². The molecule has 0 spiro atoms. The fourth-order valence-corrected chi connectivity index (χ4v) is 1.83. The zero-order chi connectivity index (χ0) is 14.9. The summed E-state index contributed by atoms with van der Waals surface area (Å²) in [5.74, 6) is -0.217. The number of nitrogens with zero attached hydrogens (tertiary/aromatic N) is 4. The van der Waals surface area contributed by atoms with E-state index in [0.717, 1.165) is 16.6 Å². The van der Waals surface area contributed by atoms with E-state index in [4.69, 9.17) is 4.84 Å². The standard InChI is InChI=1S/C14H18N4O2/c1-9(2)10(3)18-13-8-11(14(19)17(4)20-5)6-7-12(13)15-16-18/h6-8,10H,1H2,2-5H3. The first-order chi connectivity index (χ1) is 9.45. The molecule has 0 bridgehead atoms. The molecule has 1 amide bonds. The Kier molecular flexibility index (Phi) is 3.85. The summed E-state index contributed by atoms with van der Waals surface area (Å²) in [6.45, 7) is 7.86. The van der Waals surface area contributed by atoms with E-state index < -0.39 is 0 Å². The molecule has 1 heterocycles. The maximum atomic E-state index is 12.1. The Morgan fingerprint density at radius 3 is 2.80 bits per heavy atom. The number of benzene rings is 1. The number of allylic oxidation sites excluding steroid dienone is 1. The Balaban J connectivity index is 2.49. The zero-order valence-electron chi connectivity index (χ0n) is 12.1. The smallest absolute Gasteiger partial charge is 0.274 e. The average molecular weight is 274 g/mol. The third kappa shape index (κ3) is 2.42. The van der Waals surface area contributed by atoms with Crippen molar-refractivity contribution in [2.45, 2.75) is 19.9 Å². The molecule has 2 aromatic rings. The van der Waals surface area contributed by atoms with E-state index in [9.17, 15) is 4.79 Å². The van der Waals surface area contributed by atoms with Crippen LogP contribution in [0.15, 0.2) is 30.4 Å². The first-order valence-corrected chi connectivity index (χ1v) is 6.28. The van der Waals surface area contributed by atoms with Crippen molar-refractivity contribution in [3.05, 3.63) is 35.9 Å². The number of carbonyl (C=O) groups excluding carboxylic acids is 1. The minimum Gasteiger partial charge on any atom is -0.274 e. The van der Waals surface area contributed by atoms with Crippen LogP contribution in [-0.2, 0) is 4.84 Å². The molecule has 0 N–H and O–H groups in total. The van der Waals surface area contributed by atoms with E-state index in [1.54, 1.807) is 29.9 Å². The van der Waals surface area contributed by atoms with Gasteiger partial charge in [0.2, 0.25) is 0 Å². The Labute approximate surface area is 117 Å². The highest BCUT2D eigenvalue weighted by atomic mass is 16.7. The fourth-order valence-electron chi connectivity index (χ4n) is 1.83. The number of rotatable bonds is 4. The lowest BCUT2D eigenvalue weighted by atomic mass is 10.1. The molecule has 6 heteroatoms. The third-order valence-electron chi connectivity index (χ3n) is 3.36. The van der Waals surface area contributed by atoms with Crippen molar-refractivity contribution in [3.63, 3.8) is 0 Å². The van der Waals surface area contributed by atoms with Crippen LogP contribution < -0.4 is 0 Å². The number of carbonyl (C=O) groups is 1. The predicted octanol–water partition coefficient (Wildman–Crippen LogP) is 2.20. The van der Waals surface area contributed by atoms with Crippen molar-refractivity contribution in [2.24, 2.45) is 0 Å². The van der Waals surface area contributed by atoms with Crippen LogP contribution in [0.1, 0.15) is 30.2 Å². The number of fused-ring (bicyclic) bond motifs is 1. The van der Waals surface area contributed by atoms with Gasteiger partial charge in [0, 0.05) is 12.6 Å². The number of hydrogen-bond acceptors (Lipinski definition) is 4. The highest BCUT2D eigenvalue weighted by molar-refractivity contribution is 5.96. The van der Waals surface area contributed by atoms with Crippen molar-refractivity contribution >= 4 is 16.9 Å². The van der Waals surface area contributed by atoms with Gasteiger partial charge in [-0.15, -0.1) is 5.10 Å². The molecule has 2 rings (SSSR count). The molecule has 0 fully saturated rings. The maximum Gasteiger partial charge on any atom is 0.277 e. The molecule has 0 radical (unpaired) electrons. The van der Waals surface area contributed by atoms with Gasteiger partial charge in [0.1, 0.15) is 5.52 Å². The quantitative estimate of drug-likeness (QED) is 0.633. The molecule has 0 aliphatic carbocycles. The molecule has 20 heavy (non-hydrogen) atoms. The maximum absolute atomic E-state index is 12.1. The summed E-state index contributed by atoms with van der Waals surface area (Å²) in [4.78, 5) is 17.0. The van der Waals surface area contributed by atoms with Crippen LogP contribution in [-0.4, -0.2) is 40.1 Å². The molecule has 106 valence electrons. The molecule has 0 aliphatic rings. The molecule has 0 saturated carbocycles. The number of aromatic nitrogens is 3. The van der Waals surface area contributed by atoms with Gasteiger partial charge >= 0.3 is 0 Å². The molecule has 0 saturated heterocycles. The van der Waals surface area contributed by atoms with E-state index in [2.05, 4.69) is 16.9 Å². The summed E-state index contributed by atoms with van der Waals surface area (Å²) in [5.41, 5.74) is 3.05. The van der Waals surface area contributed by atoms with Crippen molar-refractivity contribution in [1.29, 1.82) is 0 Å². The molecule has 6 nitrogen and oxygen atoms in total. The first-order valence-electron chi connectivity index (χ1n) is 6.28. The third-order valence-corrected chi connectivity index (χ3v) is 3.36. The van der Waals surface area contributed by atoms with Crippen molar-refractivity contribution in [3.8, 4) is 0 Å². The Morgan fingerprint density at radius 2 is 2.20 bits per heavy atom. The van der Waals surface area contributed by atoms with Crippen LogP contribution in [0, 0.1) is 0 Å². The van der Waals surface area contributed by atoms with Crippen LogP contribution in [0.2, 0.25) is 0 Å². The van der Waals surface area contributed by atoms with E-state index >= 15 is 0 Å². The van der Waals surface area contributed by atoms with Crippen molar-refractivity contribution < 1.29 is 9.63 Å². The number of hydrogen-bond donors (Lipinski definition) is 0. The van der Waals surface area contributed by atoms with Crippen LogP contribution in [0.5, 0.6) is 0 Å². The molecule has 1 unspecified atom stereocenters. The van der Waals surface area contributed by atoms with Gasteiger partial charge in [0.05, 0.1) is 18.7 Å². The minimum absolute atomic E-state index is 0.0190. The minimum atomic E-state index is -0.217. The predicted molar refractivity (Wildman–Crippen MR) is 76.2 cm³/mol. The highest BCUT2D eigenvalue weighted by Gasteiger charge is 2.16. The lowest BCUT2D eigenvalue weighted by Crippen LogP contribution is -2.25. The lowest BCUT2D eigenvalue weighted by Gasteiger charge is -2.14. The normalized spacial score (nSPS) is 12.4. The van der Waals surface area contributed by atoms with E-state index in [0.29, 0.717) is 5.56 Å². The van der Waals surface area contributed by atoms with E-state index in [1.807, 2.05) is 13.8 Å². The highest BCUT2D eigenvalue weighted by Crippen LogP contribution is 2.21. The second-order valence-corrected chi connectivity index (χ2v) is 4.75. The zero-order valence-corrected chi connectivity index (χ0v) is 12.1. The fraction of sp³-hybridized carbons (Fsp3) is 0.357. The topological polar surface area (TPSA) is 60.2 Å². The number of hydroxylamine groups is 2. The molecular weight excluding hydrogens is 256 g/mol. The van der Waals surface area contributed by atoms with Crippen LogP contribution >= 0.6 is 0 Å². The van der Waals surface area contributed by atoms with Gasteiger partial charge < -0.3 is 0 Å². The Hall–Kier alpha value is -2.21. The van der Waals surface area contributed by atoms with Gasteiger partial charge in [-0.05, 0) is 32.0 Å². The summed E-state index contributed by atoms with van der Waals surface area (Å²) in [6.07, 6.45) is 0. The molecule has 1 aromatic carbocycles. The summed E-state index contributed by atoms with van der Waals surface area (Å²) in [6, 6.07) is 5.28. The van der Waals surface area contributed by atoms with Gasteiger partial charge in [-0.25, -0.2) is 9.75 Å². The molecular formula is C14H18N4O2. The van der Waals surface area contributed by atoms with E-state index in [1.165, 1.54) is 12.2 Å². The Bertz CT molecular complexity index is 662. The van der Waals surface area contributed by atoms with Gasteiger partial charge in [-0.3, -0.25) is 9.63 Å². The molecule has 1 atom stereocenters. The van der Waals surface area contributed by atoms with Crippen molar-refractivity contribution in [2.75, 3.05) is 14.2 Å². The Morgan fingerprint density at radius 1 is 1.50 bits per heavy atom. The van der Waals surface area contributed by atoms with Gasteiger partial charge in [0.15, 0.2) is 0 Å². The lowest BCUT2D eigenvalue weighted by molar-refractivity contribution is -0.0756. The summed E-state index contributed by atoms with van der Waals surface area (Å²) in [7, 11) is 3.02. The SMILES string of the molecule is C=C(C)C(C)n1nnc2ccc(C(=O)N(C)OC)cc21. The van der Waals surface area contributed by atoms with Gasteiger partial charge in [0.25, 0.3) is 5.91 Å². The largest absolute Gasteiger partial charge is 0.277 e. The first kappa shape index (κ1) is 14.2. The number of amides is 1. The van der Waals surface area contributed by atoms with Crippen molar-refractivity contribution in [1.82, 2.24) is 20.1 Å². The van der Waals surface area contributed by atoms with E-state index in [-0.39, 0.29) is 11.9 Å². The van der Waals surface area contributed by atoms with Crippen LogP contribution in [0.4, 0.5) is 0 Å². The molecule has 0 aliphatic heterocycles. The summed E-state index contributed by atoms with van der Waals surface area (Å²) in [5, 5.41) is 9.41. The second kappa shape index (κ2) is 5.42. The van der Waals surface area contributed by atoms with Gasteiger partial charge in [-0.1, -0.05) is 17.4 Å². The monoisotopic (exact) mass is 274 g/mol. The van der Waals surface area contributed by atoms with Crippen LogP contribution in [0.3, 0.4) is 0 Å². The second-order valence-electron chi connectivity index (χ2n) is 4.75. The van der Waals surface area contributed by atoms with Gasteiger partial charge in [-0.2, -0.15) is 0 Å². The molecule has 1 aromatic heterocycles.